The fourth-order valence-electron chi connectivity index (χ4n) is 4.76. The second-order valence-electron chi connectivity index (χ2n) is 7.96. The molecule has 31 heavy (non-hydrogen) atoms. The summed E-state index contributed by atoms with van der Waals surface area (Å²) in [7, 11) is 0. The van der Waals surface area contributed by atoms with Crippen molar-refractivity contribution in [3.8, 4) is 0 Å². The number of rotatable bonds is 4. The fraction of sp³-hybridized carbons (Fsp3) is 0.350. The van der Waals surface area contributed by atoms with Gasteiger partial charge >= 0.3 is 11.2 Å². The molecule has 1 saturated heterocycles. The normalized spacial score (nSPS) is 20.7. The summed E-state index contributed by atoms with van der Waals surface area (Å²) in [6.45, 7) is 1.25. The number of pyridine rings is 1. The molecule has 2 aromatic heterocycles. The first-order valence-corrected chi connectivity index (χ1v) is 9.97. The van der Waals surface area contributed by atoms with Crippen LogP contribution < -0.4 is 5.56 Å². The Hall–Kier alpha value is -3.89. The highest BCUT2D eigenvalue weighted by Gasteiger charge is 2.40. The summed E-state index contributed by atoms with van der Waals surface area (Å²) in [5.74, 6) is -0.138. The second kappa shape index (κ2) is 7.42. The van der Waals surface area contributed by atoms with Gasteiger partial charge in [-0.3, -0.25) is 19.7 Å². The number of nitro groups is 1. The summed E-state index contributed by atoms with van der Waals surface area (Å²) in [6.07, 6.45) is 2.26. The molecule has 0 aliphatic carbocycles. The van der Waals surface area contributed by atoms with Gasteiger partial charge in [0.25, 0.3) is 5.91 Å². The Bertz CT molecular complexity index is 1190. The number of carbonyl (C=O) groups is 1. The van der Waals surface area contributed by atoms with Crippen LogP contribution in [0, 0.1) is 16.0 Å². The second-order valence-corrected chi connectivity index (χ2v) is 7.96. The van der Waals surface area contributed by atoms with Crippen molar-refractivity contribution in [1.29, 1.82) is 0 Å². The maximum absolute atomic E-state index is 13.6. The Morgan fingerprint density at radius 1 is 1.13 bits per heavy atom. The molecular weight excluding hydrogens is 402 g/mol. The minimum atomic E-state index is -0.686. The van der Waals surface area contributed by atoms with Gasteiger partial charge in [-0.25, -0.2) is 4.68 Å². The number of aromatic nitrogens is 5. The molecule has 0 N–H and O–H groups in total. The van der Waals surface area contributed by atoms with Crippen molar-refractivity contribution in [2.24, 2.45) is 5.92 Å². The van der Waals surface area contributed by atoms with E-state index in [1.807, 2.05) is 30.3 Å². The number of likely N-dealkylation sites (tertiary alicyclic amines) is 1. The molecule has 0 spiro atoms. The van der Waals surface area contributed by atoms with Gasteiger partial charge in [-0.2, -0.15) is 0 Å². The predicted molar refractivity (Wildman–Crippen MR) is 107 cm³/mol. The molecule has 158 valence electrons. The summed E-state index contributed by atoms with van der Waals surface area (Å²) >= 11 is 0. The van der Waals surface area contributed by atoms with Crippen LogP contribution in [0.5, 0.6) is 0 Å². The quantitative estimate of drug-likeness (QED) is 0.453. The molecule has 3 atom stereocenters. The molecule has 1 amide bonds. The van der Waals surface area contributed by atoms with Gasteiger partial charge < -0.3 is 9.47 Å². The van der Waals surface area contributed by atoms with Crippen LogP contribution >= 0.6 is 0 Å². The molecule has 2 unspecified atom stereocenters. The molecule has 11 heteroatoms. The number of hydrogen-bond donors (Lipinski definition) is 0. The van der Waals surface area contributed by atoms with Gasteiger partial charge in [0.1, 0.15) is 6.33 Å². The number of tetrazole rings is 1. The van der Waals surface area contributed by atoms with Crippen molar-refractivity contribution in [3.63, 3.8) is 0 Å². The Morgan fingerprint density at radius 2 is 1.94 bits per heavy atom. The average Bonchev–Trinajstić information content (AvgIpc) is 3.29. The fourth-order valence-corrected chi connectivity index (χ4v) is 4.76. The lowest BCUT2D eigenvalue weighted by molar-refractivity contribution is -0.386. The maximum atomic E-state index is 13.6. The summed E-state index contributed by atoms with van der Waals surface area (Å²) in [4.78, 5) is 38.5. The smallest absolute Gasteiger partial charge is 0.334 e. The van der Waals surface area contributed by atoms with Crippen LogP contribution in [-0.4, -0.2) is 53.6 Å². The van der Waals surface area contributed by atoms with Gasteiger partial charge in [-0.05, 0) is 34.4 Å². The lowest BCUT2D eigenvalue weighted by atomic mass is 9.82. The highest BCUT2D eigenvalue weighted by molar-refractivity contribution is 5.83. The summed E-state index contributed by atoms with van der Waals surface area (Å²) in [6, 6.07) is 11.6. The van der Waals surface area contributed by atoms with Crippen molar-refractivity contribution >= 4 is 11.6 Å². The summed E-state index contributed by atoms with van der Waals surface area (Å²) in [5, 5.41) is 22.5. The van der Waals surface area contributed by atoms with Crippen molar-refractivity contribution in [2.75, 3.05) is 13.1 Å². The Kier molecular flexibility index (Phi) is 4.57. The van der Waals surface area contributed by atoms with Crippen LogP contribution in [0.3, 0.4) is 0 Å². The Balaban J connectivity index is 1.47. The molecule has 1 fully saturated rings. The number of amides is 1. The van der Waals surface area contributed by atoms with Gasteiger partial charge in [0, 0.05) is 37.3 Å². The van der Waals surface area contributed by atoms with Gasteiger partial charge in [-0.1, -0.05) is 30.3 Å². The summed E-state index contributed by atoms with van der Waals surface area (Å²) < 4.78 is 2.96. The van der Waals surface area contributed by atoms with E-state index in [1.165, 1.54) is 21.6 Å². The molecule has 2 bridgehead atoms. The number of fused-ring (bicyclic) bond motifs is 4. The molecule has 3 aromatic rings. The highest BCUT2D eigenvalue weighted by Crippen LogP contribution is 2.36. The van der Waals surface area contributed by atoms with Crippen LogP contribution in [-0.2, 0) is 11.3 Å². The standard InChI is InChI=1S/C20H19N7O4/c28-19-17(27(30)31)7-6-16-15-8-13(10-25(16)19)9-24(11-15)20(29)18(26-12-21-22-23-26)14-4-2-1-3-5-14/h1-7,12-13,15,18H,8-11H2/t13-,15?,18?/m0/s1. The third-order valence-electron chi connectivity index (χ3n) is 6.07. The van der Waals surface area contributed by atoms with Crippen LogP contribution in [0.4, 0.5) is 5.69 Å². The molecule has 11 nitrogen and oxygen atoms in total. The number of piperidine rings is 1. The van der Waals surface area contributed by atoms with E-state index in [1.54, 1.807) is 11.0 Å². The molecule has 1 aromatic carbocycles. The zero-order valence-electron chi connectivity index (χ0n) is 16.4. The Morgan fingerprint density at radius 3 is 2.65 bits per heavy atom. The third kappa shape index (κ3) is 3.27. The van der Waals surface area contributed by atoms with Crippen LogP contribution in [0.1, 0.15) is 29.6 Å². The lowest BCUT2D eigenvalue weighted by Crippen LogP contribution is -2.51. The molecule has 2 aliphatic rings. The van der Waals surface area contributed by atoms with Gasteiger partial charge in [0.2, 0.25) is 0 Å². The van der Waals surface area contributed by atoms with E-state index < -0.39 is 22.2 Å². The van der Waals surface area contributed by atoms with Crippen molar-refractivity contribution in [2.45, 2.75) is 24.9 Å². The van der Waals surface area contributed by atoms with E-state index in [4.69, 9.17) is 0 Å². The topological polar surface area (TPSA) is 129 Å². The minimum absolute atomic E-state index is 0.0419. The number of hydrogen-bond acceptors (Lipinski definition) is 7. The van der Waals surface area contributed by atoms with Gasteiger partial charge in [0.15, 0.2) is 6.04 Å². The largest absolute Gasteiger partial charge is 0.340 e. The van der Waals surface area contributed by atoms with Crippen molar-refractivity contribution in [3.05, 3.63) is 80.5 Å². The lowest BCUT2D eigenvalue weighted by Gasteiger charge is -2.43. The monoisotopic (exact) mass is 421 g/mol. The third-order valence-corrected chi connectivity index (χ3v) is 6.07. The number of nitrogens with zero attached hydrogens (tertiary/aromatic N) is 7. The van der Waals surface area contributed by atoms with E-state index in [-0.39, 0.29) is 17.7 Å². The zero-order valence-corrected chi connectivity index (χ0v) is 16.4. The molecule has 0 saturated carbocycles. The van der Waals surface area contributed by atoms with Crippen molar-refractivity contribution in [1.82, 2.24) is 29.7 Å². The van der Waals surface area contributed by atoms with E-state index >= 15 is 0 Å². The maximum Gasteiger partial charge on any atom is 0.334 e. The summed E-state index contributed by atoms with van der Waals surface area (Å²) in [5.41, 5.74) is 0.526. The number of benzene rings is 1. The van der Waals surface area contributed by atoms with Gasteiger partial charge in [-0.15, -0.1) is 5.10 Å². The van der Waals surface area contributed by atoms with Crippen molar-refractivity contribution < 1.29 is 9.72 Å². The van der Waals surface area contributed by atoms with Crippen LogP contribution in [0.25, 0.3) is 0 Å². The molecule has 0 radical (unpaired) electrons. The Labute approximate surface area is 176 Å². The molecule has 5 rings (SSSR count). The first kappa shape index (κ1) is 19.1. The first-order chi connectivity index (χ1) is 15.0. The first-order valence-electron chi connectivity index (χ1n) is 9.97. The zero-order chi connectivity index (χ0) is 21.5. The molecule has 4 heterocycles. The SMILES string of the molecule is O=C(C(c1ccccc1)n1cnnn1)N1CC2C[C@@H](C1)Cn1c2ccc([N+](=O)[O-])c1=O. The van der Waals surface area contributed by atoms with E-state index in [0.29, 0.717) is 19.6 Å². The number of carbonyl (C=O) groups excluding carboxylic acids is 1. The minimum Gasteiger partial charge on any atom is -0.340 e. The van der Waals surface area contributed by atoms with E-state index in [0.717, 1.165) is 17.7 Å². The van der Waals surface area contributed by atoms with E-state index in [9.17, 15) is 19.7 Å². The predicted octanol–water partition coefficient (Wildman–Crippen LogP) is 0.978. The average molecular weight is 421 g/mol. The van der Waals surface area contributed by atoms with E-state index in [2.05, 4.69) is 15.5 Å². The van der Waals surface area contributed by atoms with Crippen LogP contribution in [0.2, 0.25) is 0 Å². The molecule has 2 aliphatic heterocycles. The van der Waals surface area contributed by atoms with Gasteiger partial charge in [0.05, 0.1) is 4.92 Å². The molecular formula is C20H19N7O4. The van der Waals surface area contributed by atoms with Crippen LogP contribution in [0.15, 0.2) is 53.6 Å². The highest BCUT2D eigenvalue weighted by atomic mass is 16.6.